The Morgan fingerprint density at radius 1 is 0.667 bits per heavy atom. The van der Waals surface area contributed by atoms with Gasteiger partial charge in [0.25, 0.3) is 0 Å². The van der Waals surface area contributed by atoms with Crippen LogP contribution in [-0.4, -0.2) is 59.9 Å². The number of rotatable bonds is 32. The Bertz CT molecular complexity index is 838. The third kappa shape index (κ3) is 29.4. The molecule has 0 rings (SSSR count). The Kier molecular flexibility index (Phi) is 28.4. The van der Waals surface area contributed by atoms with Crippen molar-refractivity contribution in [3.8, 4) is 0 Å². The number of phosphoric acid groups is 1. The number of phosphoric ester groups is 1. The second-order valence-electron chi connectivity index (χ2n) is 11.7. The molecule has 0 fully saturated rings. The Morgan fingerprint density at radius 3 is 1.64 bits per heavy atom. The van der Waals surface area contributed by atoms with Crippen LogP contribution in [0.3, 0.4) is 0 Å². The second-order valence-corrected chi connectivity index (χ2v) is 13.1. The van der Waals surface area contributed by atoms with Crippen molar-refractivity contribution in [2.24, 2.45) is 5.73 Å². The highest BCUT2D eigenvalue weighted by Gasteiger charge is 2.28. The lowest BCUT2D eigenvalue weighted by atomic mass is 10.1. The van der Waals surface area contributed by atoms with E-state index in [4.69, 9.17) is 24.8 Å². The van der Waals surface area contributed by atoms with Crippen LogP contribution in [0.15, 0.2) is 12.2 Å². The van der Waals surface area contributed by atoms with Crippen molar-refractivity contribution in [3.63, 3.8) is 0 Å². The summed E-state index contributed by atoms with van der Waals surface area (Å²) in [6.07, 6.45) is 24.4. The lowest BCUT2D eigenvalue weighted by Gasteiger charge is -2.20. The Labute approximate surface area is 271 Å². The molecule has 0 saturated heterocycles. The quantitative estimate of drug-likeness (QED) is 0.0278. The lowest BCUT2D eigenvalue weighted by molar-refractivity contribution is -0.161. The number of ether oxygens (including phenoxy) is 2. The van der Waals surface area contributed by atoms with Gasteiger partial charge in [-0.25, -0.2) is 4.57 Å². The molecule has 45 heavy (non-hydrogen) atoms. The van der Waals surface area contributed by atoms with Gasteiger partial charge < -0.3 is 25.2 Å². The first-order valence-electron chi connectivity index (χ1n) is 17.2. The van der Waals surface area contributed by atoms with E-state index in [1.165, 1.54) is 51.4 Å². The molecule has 0 aromatic heterocycles. The molecule has 0 aliphatic carbocycles. The van der Waals surface area contributed by atoms with Crippen LogP contribution in [0.25, 0.3) is 0 Å². The SMILES string of the molecule is CCCCCC/C=C/CCCCCCCC(=O)O[C@H](COC(=O)CCCCCCCCCC)COP(=O)(O)OC[C@H](N)C(=O)O. The molecule has 0 bridgehead atoms. The van der Waals surface area contributed by atoms with Gasteiger partial charge >= 0.3 is 25.7 Å². The van der Waals surface area contributed by atoms with Crippen molar-refractivity contribution in [1.29, 1.82) is 0 Å². The number of nitrogens with two attached hydrogens (primary N) is 1. The summed E-state index contributed by atoms with van der Waals surface area (Å²) in [4.78, 5) is 45.4. The number of carboxylic acids is 1. The molecule has 0 spiro atoms. The van der Waals surface area contributed by atoms with Crippen molar-refractivity contribution in [1.82, 2.24) is 0 Å². The Morgan fingerprint density at radius 2 is 1.11 bits per heavy atom. The first-order valence-corrected chi connectivity index (χ1v) is 18.7. The molecule has 1 unspecified atom stereocenters. The molecular formula is C33H62NO10P. The summed E-state index contributed by atoms with van der Waals surface area (Å²) in [5, 5.41) is 8.82. The fourth-order valence-electron chi connectivity index (χ4n) is 4.47. The van der Waals surface area contributed by atoms with Gasteiger partial charge in [-0.15, -0.1) is 0 Å². The molecule has 3 atom stereocenters. The van der Waals surface area contributed by atoms with Crippen LogP contribution >= 0.6 is 7.82 Å². The first-order chi connectivity index (χ1) is 21.6. The third-order valence-corrected chi connectivity index (χ3v) is 8.21. The molecule has 11 nitrogen and oxygen atoms in total. The fourth-order valence-corrected chi connectivity index (χ4v) is 5.25. The number of aliphatic carboxylic acids is 1. The molecule has 0 aromatic rings. The van der Waals surface area contributed by atoms with Crippen LogP contribution < -0.4 is 5.73 Å². The van der Waals surface area contributed by atoms with Gasteiger partial charge in [0.05, 0.1) is 13.2 Å². The van der Waals surface area contributed by atoms with Gasteiger partial charge in [-0.1, -0.05) is 109 Å². The van der Waals surface area contributed by atoms with E-state index in [0.29, 0.717) is 12.8 Å². The van der Waals surface area contributed by atoms with Crippen LogP contribution in [0.5, 0.6) is 0 Å². The van der Waals surface area contributed by atoms with Crippen molar-refractivity contribution in [2.75, 3.05) is 19.8 Å². The molecule has 0 aliphatic heterocycles. The second kappa shape index (κ2) is 29.6. The smallest absolute Gasteiger partial charge is 0.472 e. The lowest BCUT2D eigenvalue weighted by Crippen LogP contribution is -2.34. The highest BCUT2D eigenvalue weighted by molar-refractivity contribution is 7.47. The maximum atomic E-state index is 12.5. The summed E-state index contributed by atoms with van der Waals surface area (Å²) < 4.78 is 32.4. The van der Waals surface area contributed by atoms with E-state index in [-0.39, 0.29) is 19.4 Å². The number of esters is 2. The fraction of sp³-hybridized carbons (Fsp3) is 0.848. The van der Waals surface area contributed by atoms with Gasteiger partial charge in [-0.2, -0.15) is 0 Å². The third-order valence-electron chi connectivity index (χ3n) is 7.26. The van der Waals surface area contributed by atoms with Crippen LogP contribution in [0, 0.1) is 0 Å². The Balaban J connectivity index is 4.50. The number of unbranched alkanes of at least 4 members (excludes halogenated alkanes) is 16. The molecule has 0 amide bonds. The molecule has 0 saturated carbocycles. The summed E-state index contributed by atoms with van der Waals surface area (Å²) in [5.41, 5.74) is 5.29. The van der Waals surface area contributed by atoms with E-state index < -0.39 is 51.1 Å². The molecular weight excluding hydrogens is 601 g/mol. The number of carbonyl (C=O) groups excluding carboxylic acids is 2. The highest BCUT2D eigenvalue weighted by atomic mass is 31.2. The summed E-state index contributed by atoms with van der Waals surface area (Å²) in [7, 11) is -4.70. The topological polar surface area (TPSA) is 172 Å². The number of carboxylic acid groups (broad SMARTS) is 1. The van der Waals surface area contributed by atoms with Gasteiger partial charge in [-0.05, 0) is 38.5 Å². The number of hydrogen-bond donors (Lipinski definition) is 3. The van der Waals surface area contributed by atoms with E-state index >= 15 is 0 Å². The van der Waals surface area contributed by atoms with Crippen LogP contribution in [0.1, 0.15) is 149 Å². The molecule has 0 aromatic carbocycles. The van der Waals surface area contributed by atoms with E-state index in [1.807, 2.05) is 0 Å². The van der Waals surface area contributed by atoms with Crippen molar-refractivity contribution in [2.45, 2.75) is 161 Å². The van der Waals surface area contributed by atoms with Crippen LogP contribution in [-0.2, 0) is 37.5 Å². The van der Waals surface area contributed by atoms with E-state index in [1.54, 1.807) is 0 Å². The maximum absolute atomic E-state index is 12.5. The summed E-state index contributed by atoms with van der Waals surface area (Å²) in [5.74, 6) is -2.39. The monoisotopic (exact) mass is 663 g/mol. The molecule has 0 radical (unpaired) electrons. The zero-order valence-corrected chi connectivity index (χ0v) is 28.9. The molecule has 0 heterocycles. The van der Waals surface area contributed by atoms with Gasteiger partial charge in [0.15, 0.2) is 6.10 Å². The minimum absolute atomic E-state index is 0.154. The largest absolute Gasteiger partial charge is 0.480 e. The van der Waals surface area contributed by atoms with Crippen molar-refractivity contribution in [3.05, 3.63) is 12.2 Å². The standard InChI is InChI=1S/C33H62NO10P/c1-3-5-7-9-11-13-14-15-16-17-19-21-23-25-32(36)44-29(27-42-45(39,40)43-28-30(34)33(37)38)26-41-31(35)24-22-20-18-12-10-8-6-4-2/h13-14,29-30H,3-12,15-28,34H2,1-2H3,(H,37,38)(H,39,40)/b14-13+/t29-,30+/m1/s1. The predicted octanol–water partition coefficient (Wildman–Crippen LogP) is 7.78. The maximum Gasteiger partial charge on any atom is 0.472 e. The zero-order chi connectivity index (χ0) is 33.6. The predicted molar refractivity (Wildman–Crippen MR) is 176 cm³/mol. The van der Waals surface area contributed by atoms with E-state index in [0.717, 1.165) is 57.8 Å². The van der Waals surface area contributed by atoms with E-state index in [9.17, 15) is 23.8 Å². The molecule has 4 N–H and O–H groups in total. The number of hydrogen-bond acceptors (Lipinski definition) is 9. The minimum atomic E-state index is -4.70. The van der Waals surface area contributed by atoms with Crippen LogP contribution in [0.4, 0.5) is 0 Å². The summed E-state index contributed by atoms with van der Waals surface area (Å²) in [6.45, 7) is 2.71. The van der Waals surface area contributed by atoms with Crippen molar-refractivity contribution < 1.29 is 47.5 Å². The number of carbonyl (C=O) groups is 3. The summed E-state index contributed by atoms with van der Waals surface area (Å²) >= 11 is 0. The molecule has 0 aliphatic rings. The zero-order valence-electron chi connectivity index (χ0n) is 28.0. The summed E-state index contributed by atoms with van der Waals surface area (Å²) in [6, 6.07) is -1.52. The normalized spacial score (nSPS) is 14.2. The first kappa shape index (κ1) is 43.2. The average molecular weight is 664 g/mol. The Hall–Kier alpha value is -1.78. The van der Waals surface area contributed by atoms with Crippen LogP contribution in [0.2, 0.25) is 0 Å². The highest BCUT2D eigenvalue weighted by Crippen LogP contribution is 2.43. The number of allylic oxidation sites excluding steroid dienone is 2. The van der Waals surface area contributed by atoms with E-state index in [2.05, 4.69) is 30.5 Å². The van der Waals surface area contributed by atoms with Gasteiger partial charge in [0.1, 0.15) is 12.6 Å². The van der Waals surface area contributed by atoms with Gasteiger partial charge in [0, 0.05) is 12.8 Å². The minimum Gasteiger partial charge on any atom is -0.480 e. The van der Waals surface area contributed by atoms with Gasteiger partial charge in [-0.3, -0.25) is 23.4 Å². The molecule has 264 valence electrons. The molecule has 12 heteroatoms. The van der Waals surface area contributed by atoms with Crippen molar-refractivity contribution >= 4 is 25.7 Å². The average Bonchev–Trinajstić information content (AvgIpc) is 3.00. The van der Waals surface area contributed by atoms with Gasteiger partial charge in [0.2, 0.25) is 0 Å².